The van der Waals surface area contributed by atoms with Gasteiger partial charge in [-0.05, 0) is 24.6 Å². The van der Waals surface area contributed by atoms with Crippen molar-refractivity contribution in [3.8, 4) is 11.3 Å². The standard InChI is InChI=1S/C17H16N2OS/c1-2-8-19-17(20)12-7-9-18-15(10-12)14-11-21-16-6-4-3-5-13(14)16/h3-7,9-11H,2,8H2,1H3,(H,19,20). The Morgan fingerprint density at radius 1 is 1.29 bits per heavy atom. The molecule has 0 saturated carbocycles. The minimum Gasteiger partial charge on any atom is -0.352 e. The molecule has 0 saturated heterocycles. The van der Waals surface area contributed by atoms with Crippen LogP contribution in [0.5, 0.6) is 0 Å². The van der Waals surface area contributed by atoms with E-state index in [4.69, 9.17) is 0 Å². The fourth-order valence-electron chi connectivity index (χ4n) is 2.24. The van der Waals surface area contributed by atoms with Crippen LogP contribution in [0.4, 0.5) is 0 Å². The fraction of sp³-hybridized carbons (Fsp3) is 0.176. The SMILES string of the molecule is CCCNC(=O)c1ccnc(-c2csc3ccccc23)c1. The van der Waals surface area contributed by atoms with E-state index in [-0.39, 0.29) is 5.91 Å². The van der Waals surface area contributed by atoms with Crippen LogP contribution in [0.3, 0.4) is 0 Å². The van der Waals surface area contributed by atoms with Gasteiger partial charge in [-0.25, -0.2) is 0 Å². The van der Waals surface area contributed by atoms with E-state index in [0.717, 1.165) is 17.7 Å². The molecule has 0 aliphatic rings. The van der Waals surface area contributed by atoms with Gasteiger partial charge in [-0.3, -0.25) is 9.78 Å². The maximum Gasteiger partial charge on any atom is 0.251 e. The summed E-state index contributed by atoms with van der Waals surface area (Å²) in [6.07, 6.45) is 2.63. The largest absolute Gasteiger partial charge is 0.352 e. The number of fused-ring (bicyclic) bond motifs is 1. The Labute approximate surface area is 127 Å². The number of rotatable bonds is 4. The topological polar surface area (TPSA) is 42.0 Å². The molecule has 1 aromatic carbocycles. The molecule has 106 valence electrons. The smallest absolute Gasteiger partial charge is 0.251 e. The Kier molecular flexibility index (Phi) is 3.97. The summed E-state index contributed by atoms with van der Waals surface area (Å²) in [6.45, 7) is 2.73. The number of pyridine rings is 1. The van der Waals surface area contributed by atoms with Crippen LogP contribution in [-0.2, 0) is 0 Å². The predicted molar refractivity (Wildman–Crippen MR) is 87.7 cm³/mol. The minimum absolute atomic E-state index is 0.0416. The lowest BCUT2D eigenvalue weighted by Crippen LogP contribution is -2.23. The number of carbonyl (C=O) groups excluding carboxylic acids is 1. The number of aromatic nitrogens is 1. The molecule has 3 rings (SSSR count). The summed E-state index contributed by atoms with van der Waals surface area (Å²) in [5, 5.41) is 6.17. The lowest BCUT2D eigenvalue weighted by molar-refractivity contribution is 0.0953. The van der Waals surface area contributed by atoms with Crippen LogP contribution < -0.4 is 5.32 Å². The molecular weight excluding hydrogens is 280 g/mol. The van der Waals surface area contributed by atoms with Crippen molar-refractivity contribution in [1.82, 2.24) is 10.3 Å². The Morgan fingerprint density at radius 3 is 3.00 bits per heavy atom. The van der Waals surface area contributed by atoms with E-state index < -0.39 is 0 Å². The second-order valence-corrected chi connectivity index (χ2v) is 5.74. The van der Waals surface area contributed by atoms with E-state index in [2.05, 4.69) is 27.8 Å². The number of thiophene rings is 1. The monoisotopic (exact) mass is 296 g/mol. The van der Waals surface area contributed by atoms with Gasteiger partial charge in [-0.15, -0.1) is 11.3 Å². The average Bonchev–Trinajstić information content (AvgIpc) is 2.97. The molecule has 2 heterocycles. The number of nitrogens with one attached hydrogen (secondary N) is 1. The molecule has 3 aromatic rings. The summed E-state index contributed by atoms with van der Waals surface area (Å²) in [5.74, 6) is -0.0416. The Hall–Kier alpha value is -2.20. The molecule has 1 N–H and O–H groups in total. The summed E-state index contributed by atoms with van der Waals surface area (Å²) in [7, 11) is 0. The first kappa shape index (κ1) is 13.8. The molecule has 2 aromatic heterocycles. The molecule has 0 aliphatic carbocycles. The van der Waals surface area contributed by atoms with E-state index in [9.17, 15) is 4.79 Å². The van der Waals surface area contributed by atoms with E-state index in [1.165, 1.54) is 10.1 Å². The Morgan fingerprint density at radius 2 is 2.14 bits per heavy atom. The van der Waals surface area contributed by atoms with Crippen molar-refractivity contribution < 1.29 is 4.79 Å². The third kappa shape index (κ3) is 2.81. The van der Waals surface area contributed by atoms with Gasteiger partial charge < -0.3 is 5.32 Å². The highest BCUT2D eigenvalue weighted by molar-refractivity contribution is 7.17. The molecule has 0 unspecified atom stereocenters. The Bertz CT molecular complexity index is 779. The normalized spacial score (nSPS) is 10.7. The molecule has 0 aliphatic heterocycles. The molecule has 3 nitrogen and oxygen atoms in total. The van der Waals surface area contributed by atoms with Crippen molar-refractivity contribution in [2.24, 2.45) is 0 Å². The summed E-state index contributed by atoms with van der Waals surface area (Å²) in [6, 6.07) is 11.9. The molecule has 4 heteroatoms. The van der Waals surface area contributed by atoms with Crippen molar-refractivity contribution >= 4 is 27.3 Å². The quantitative estimate of drug-likeness (QED) is 0.787. The molecular formula is C17H16N2OS. The maximum atomic E-state index is 12.1. The van der Waals surface area contributed by atoms with Crippen molar-refractivity contribution in [2.45, 2.75) is 13.3 Å². The number of hydrogen-bond acceptors (Lipinski definition) is 3. The third-order valence-corrected chi connectivity index (χ3v) is 4.28. The van der Waals surface area contributed by atoms with Crippen LogP contribution in [0, 0.1) is 0 Å². The molecule has 0 radical (unpaired) electrons. The molecule has 0 spiro atoms. The van der Waals surface area contributed by atoms with Gasteiger partial charge in [0.15, 0.2) is 0 Å². The van der Waals surface area contributed by atoms with Gasteiger partial charge in [0.05, 0.1) is 5.69 Å². The lowest BCUT2D eigenvalue weighted by atomic mass is 10.1. The maximum absolute atomic E-state index is 12.1. The number of carbonyl (C=O) groups is 1. The van der Waals surface area contributed by atoms with Crippen molar-refractivity contribution in [3.05, 3.63) is 53.5 Å². The first-order valence-electron chi connectivity index (χ1n) is 7.00. The molecule has 0 fully saturated rings. The number of hydrogen-bond donors (Lipinski definition) is 1. The van der Waals surface area contributed by atoms with Gasteiger partial charge in [-0.2, -0.15) is 0 Å². The van der Waals surface area contributed by atoms with Crippen molar-refractivity contribution in [3.63, 3.8) is 0 Å². The average molecular weight is 296 g/mol. The van der Waals surface area contributed by atoms with Gasteiger partial charge in [0, 0.05) is 39.3 Å². The fourth-order valence-corrected chi connectivity index (χ4v) is 3.19. The van der Waals surface area contributed by atoms with Gasteiger partial charge in [0.25, 0.3) is 5.91 Å². The van der Waals surface area contributed by atoms with E-state index in [0.29, 0.717) is 12.1 Å². The third-order valence-electron chi connectivity index (χ3n) is 3.31. The summed E-state index contributed by atoms with van der Waals surface area (Å²) >= 11 is 1.70. The van der Waals surface area contributed by atoms with E-state index in [1.54, 1.807) is 23.6 Å². The molecule has 1 amide bonds. The zero-order valence-corrected chi connectivity index (χ0v) is 12.6. The van der Waals surface area contributed by atoms with Crippen LogP contribution in [0.1, 0.15) is 23.7 Å². The Balaban J connectivity index is 1.98. The van der Waals surface area contributed by atoms with E-state index >= 15 is 0 Å². The van der Waals surface area contributed by atoms with E-state index in [1.807, 2.05) is 25.1 Å². The number of benzene rings is 1. The summed E-state index contributed by atoms with van der Waals surface area (Å²) in [4.78, 5) is 16.5. The molecule has 0 bridgehead atoms. The van der Waals surface area contributed by atoms with Gasteiger partial charge in [0.1, 0.15) is 0 Å². The van der Waals surface area contributed by atoms with Gasteiger partial charge in [-0.1, -0.05) is 25.1 Å². The number of nitrogens with zero attached hydrogens (tertiary/aromatic N) is 1. The van der Waals surface area contributed by atoms with Crippen LogP contribution in [0.2, 0.25) is 0 Å². The molecule has 0 atom stereocenters. The highest BCUT2D eigenvalue weighted by Crippen LogP contribution is 2.32. The van der Waals surface area contributed by atoms with Crippen molar-refractivity contribution in [1.29, 1.82) is 0 Å². The van der Waals surface area contributed by atoms with Crippen LogP contribution in [-0.4, -0.2) is 17.4 Å². The first-order chi connectivity index (χ1) is 10.3. The van der Waals surface area contributed by atoms with Crippen LogP contribution in [0.25, 0.3) is 21.3 Å². The highest BCUT2D eigenvalue weighted by Gasteiger charge is 2.10. The van der Waals surface area contributed by atoms with Crippen molar-refractivity contribution in [2.75, 3.05) is 6.54 Å². The lowest BCUT2D eigenvalue weighted by Gasteiger charge is -2.05. The second-order valence-electron chi connectivity index (χ2n) is 4.83. The van der Waals surface area contributed by atoms with Crippen LogP contribution >= 0.6 is 11.3 Å². The zero-order valence-electron chi connectivity index (χ0n) is 11.8. The van der Waals surface area contributed by atoms with Gasteiger partial charge >= 0.3 is 0 Å². The summed E-state index contributed by atoms with van der Waals surface area (Å²) < 4.78 is 1.23. The van der Waals surface area contributed by atoms with Gasteiger partial charge in [0.2, 0.25) is 0 Å². The predicted octanol–water partition coefficient (Wildman–Crippen LogP) is 4.10. The first-order valence-corrected chi connectivity index (χ1v) is 7.88. The minimum atomic E-state index is -0.0416. The molecule has 21 heavy (non-hydrogen) atoms. The van der Waals surface area contributed by atoms with Crippen LogP contribution in [0.15, 0.2) is 48.0 Å². The second kappa shape index (κ2) is 6.06. The zero-order chi connectivity index (χ0) is 14.7. The summed E-state index contributed by atoms with van der Waals surface area (Å²) in [5.41, 5.74) is 2.58. The number of amides is 1. The highest BCUT2D eigenvalue weighted by atomic mass is 32.1.